The van der Waals surface area contributed by atoms with E-state index < -0.39 is 0 Å². The van der Waals surface area contributed by atoms with E-state index in [1.165, 1.54) is 0 Å². The summed E-state index contributed by atoms with van der Waals surface area (Å²) in [5, 5.41) is 5.72. The van der Waals surface area contributed by atoms with E-state index in [1.807, 2.05) is 69.8 Å². The third-order valence-corrected chi connectivity index (χ3v) is 4.81. The molecule has 0 aromatic heterocycles. The molecule has 0 fully saturated rings. The van der Waals surface area contributed by atoms with Crippen molar-refractivity contribution < 1.29 is 9.59 Å². The lowest BCUT2D eigenvalue weighted by atomic mass is 10.0. The smallest absolute Gasteiger partial charge is 0.319 e. The van der Waals surface area contributed by atoms with Gasteiger partial charge in [-0.2, -0.15) is 0 Å². The molecule has 0 unspecified atom stereocenters. The molecule has 1 atom stereocenters. The van der Waals surface area contributed by atoms with E-state index in [4.69, 9.17) is 0 Å². The van der Waals surface area contributed by atoms with Crippen LogP contribution in [0.2, 0.25) is 0 Å². The molecule has 0 aliphatic heterocycles. The topological polar surface area (TPSA) is 64.7 Å². The molecule has 0 heterocycles. The van der Waals surface area contributed by atoms with E-state index in [1.54, 1.807) is 0 Å². The Bertz CT molecular complexity index is 669. The van der Waals surface area contributed by atoms with Crippen LogP contribution >= 0.6 is 0 Å². The van der Waals surface area contributed by atoms with Gasteiger partial charge in [0.25, 0.3) is 0 Å². The average Bonchev–Trinajstić information content (AvgIpc) is 2.57. The molecule has 2 N–H and O–H groups in total. The summed E-state index contributed by atoms with van der Waals surface area (Å²) < 4.78 is 0. The predicted molar refractivity (Wildman–Crippen MR) is 118 cm³/mol. The molecule has 0 bridgehead atoms. The minimum Gasteiger partial charge on any atom is -0.377 e. The van der Waals surface area contributed by atoms with E-state index in [0.29, 0.717) is 18.2 Å². The molecule has 6 heteroatoms. The van der Waals surface area contributed by atoms with Crippen molar-refractivity contribution in [1.29, 1.82) is 0 Å². The molecule has 1 aromatic carbocycles. The monoisotopic (exact) mass is 390 g/mol. The highest BCUT2D eigenvalue weighted by molar-refractivity contribution is 5.90. The number of urea groups is 1. The highest BCUT2D eigenvalue weighted by atomic mass is 16.2. The number of benzene rings is 1. The number of carbonyl (C=O) groups is 2. The summed E-state index contributed by atoms with van der Waals surface area (Å²) in [6.07, 6.45) is 0. The van der Waals surface area contributed by atoms with Crippen LogP contribution in [-0.2, 0) is 11.3 Å². The van der Waals surface area contributed by atoms with Gasteiger partial charge in [0.05, 0.1) is 0 Å². The molecule has 1 rings (SSSR count). The van der Waals surface area contributed by atoms with Crippen molar-refractivity contribution >= 4 is 23.3 Å². The normalized spacial score (nSPS) is 12.3. The predicted octanol–water partition coefficient (Wildman–Crippen LogP) is 4.31. The van der Waals surface area contributed by atoms with Gasteiger partial charge in [-0.1, -0.05) is 27.7 Å². The molecular weight excluding hydrogens is 352 g/mol. The summed E-state index contributed by atoms with van der Waals surface area (Å²) >= 11 is 0. The van der Waals surface area contributed by atoms with Gasteiger partial charge in [-0.25, -0.2) is 4.79 Å². The minimum atomic E-state index is -0.232. The SMILES string of the molecule is CC(C)NC(=O)Nc1ccc(N(C)C)c(CN(C(=O)C(C)C)[C@H](C)C(C)C)c1. The zero-order valence-corrected chi connectivity index (χ0v) is 19.0. The number of carbonyl (C=O) groups excluding carboxylic acids is 2. The second-order valence-corrected chi connectivity index (χ2v) is 8.60. The van der Waals surface area contributed by atoms with Gasteiger partial charge >= 0.3 is 6.03 Å². The molecule has 0 radical (unpaired) electrons. The third kappa shape index (κ3) is 6.73. The summed E-state index contributed by atoms with van der Waals surface area (Å²) in [7, 11) is 3.97. The second-order valence-electron chi connectivity index (χ2n) is 8.60. The molecule has 0 aliphatic rings. The number of rotatable bonds is 8. The average molecular weight is 391 g/mol. The maximum atomic E-state index is 12.9. The fourth-order valence-electron chi connectivity index (χ4n) is 2.95. The van der Waals surface area contributed by atoms with Crippen LogP contribution in [0.25, 0.3) is 0 Å². The fourth-order valence-corrected chi connectivity index (χ4v) is 2.95. The molecule has 3 amide bonds. The number of nitrogens with zero attached hydrogens (tertiary/aromatic N) is 2. The standard InChI is InChI=1S/C22H38N4O2/c1-14(2)17(7)26(21(27)15(3)4)13-18-12-19(10-11-20(18)25(8)9)24-22(28)23-16(5)6/h10-12,14-17H,13H2,1-9H3,(H2,23,24,28)/t17-/m1/s1. The van der Waals surface area contributed by atoms with Crippen LogP contribution in [0.15, 0.2) is 18.2 Å². The fraction of sp³-hybridized carbons (Fsp3) is 0.636. The van der Waals surface area contributed by atoms with Gasteiger partial charge in [-0.3, -0.25) is 4.79 Å². The minimum absolute atomic E-state index is 0.0616. The maximum absolute atomic E-state index is 12.9. The zero-order valence-electron chi connectivity index (χ0n) is 19.0. The van der Waals surface area contributed by atoms with Crippen LogP contribution in [-0.4, -0.2) is 43.0 Å². The first kappa shape index (κ1) is 23.8. The number of amides is 3. The molecule has 0 spiro atoms. The molecule has 28 heavy (non-hydrogen) atoms. The highest BCUT2D eigenvalue weighted by Gasteiger charge is 2.26. The molecule has 6 nitrogen and oxygen atoms in total. The lowest BCUT2D eigenvalue weighted by molar-refractivity contribution is -0.138. The van der Waals surface area contributed by atoms with Crippen LogP contribution in [0.3, 0.4) is 0 Å². The van der Waals surface area contributed by atoms with Gasteiger partial charge in [-0.05, 0) is 50.5 Å². The summed E-state index contributed by atoms with van der Waals surface area (Å²) in [5.41, 5.74) is 2.76. The lowest BCUT2D eigenvalue weighted by Crippen LogP contribution is -2.43. The first-order chi connectivity index (χ1) is 12.9. The molecule has 0 saturated heterocycles. The van der Waals surface area contributed by atoms with Crippen molar-refractivity contribution in [3.8, 4) is 0 Å². The highest BCUT2D eigenvalue weighted by Crippen LogP contribution is 2.27. The van der Waals surface area contributed by atoms with Gasteiger partial charge in [-0.15, -0.1) is 0 Å². The Labute approximate surface area is 170 Å². The number of anilines is 2. The summed E-state index contributed by atoms with van der Waals surface area (Å²) in [6, 6.07) is 5.78. The van der Waals surface area contributed by atoms with Crippen LogP contribution in [0.5, 0.6) is 0 Å². The van der Waals surface area contributed by atoms with Crippen LogP contribution < -0.4 is 15.5 Å². The van der Waals surface area contributed by atoms with Crippen LogP contribution in [0.4, 0.5) is 16.2 Å². The first-order valence-electron chi connectivity index (χ1n) is 10.1. The van der Waals surface area contributed by atoms with E-state index in [9.17, 15) is 9.59 Å². The second kappa shape index (κ2) is 10.3. The quantitative estimate of drug-likeness (QED) is 0.695. The number of hydrogen-bond donors (Lipinski definition) is 2. The van der Waals surface area contributed by atoms with Crippen molar-refractivity contribution in [2.75, 3.05) is 24.3 Å². The number of nitrogens with one attached hydrogen (secondary N) is 2. The Kier molecular flexibility index (Phi) is 8.79. The van der Waals surface area contributed by atoms with E-state index in [-0.39, 0.29) is 29.9 Å². The van der Waals surface area contributed by atoms with E-state index in [2.05, 4.69) is 31.4 Å². The van der Waals surface area contributed by atoms with E-state index in [0.717, 1.165) is 11.3 Å². The van der Waals surface area contributed by atoms with Gasteiger partial charge < -0.3 is 20.4 Å². The summed E-state index contributed by atoms with van der Waals surface area (Å²) in [5.74, 6) is 0.424. The van der Waals surface area contributed by atoms with Crippen molar-refractivity contribution in [3.05, 3.63) is 23.8 Å². The van der Waals surface area contributed by atoms with Gasteiger partial charge in [0, 0.05) is 50.0 Å². The molecular formula is C22H38N4O2. The molecule has 0 aliphatic carbocycles. The Morgan fingerprint density at radius 2 is 1.61 bits per heavy atom. The first-order valence-corrected chi connectivity index (χ1v) is 10.1. The third-order valence-electron chi connectivity index (χ3n) is 4.81. The van der Waals surface area contributed by atoms with Gasteiger partial charge in [0.15, 0.2) is 0 Å². The number of hydrogen-bond acceptors (Lipinski definition) is 3. The Balaban J connectivity index is 3.23. The van der Waals surface area contributed by atoms with Crippen LogP contribution in [0.1, 0.15) is 54.0 Å². The van der Waals surface area contributed by atoms with Crippen molar-refractivity contribution in [1.82, 2.24) is 10.2 Å². The van der Waals surface area contributed by atoms with E-state index >= 15 is 0 Å². The zero-order chi connectivity index (χ0) is 21.6. The molecule has 0 saturated carbocycles. The van der Waals surface area contributed by atoms with Crippen molar-refractivity contribution in [2.24, 2.45) is 11.8 Å². The Morgan fingerprint density at radius 1 is 1.00 bits per heavy atom. The Morgan fingerprint density at radius 3 is 2.07 bits per heavy atom. The molecule has 1 aromatic rings. The van der Waals surface area contributed by atoms with Gasteiger partial charge in [0.2, 0.25) is 5.91 Å². The van der Waals surface area contributed by atoms with Crippen LogP contribution in [0, 0.1) is 11.8 Å². The maximum Gasteiger partial charge on any atom is 0.319 e. The van der Waals surface area contributed by atoms with Crippen molar-refractivity contribution in [2.45, 2.75) is 67.1 Å². The largest absolute Gasteiger partial charge is 0.377 e. The Hall–Kier alpha value is -2.24. The van der Waals surface area contributed by atoms with Crippen molar-refractivity contribution in [3.63, 3.8) is 0 Å². The molecule has 158 valence electrons. The lowest BCUT2D eigenvalue weighted by Gasteiger charge is -2.34. The summed E-state index contributed by atoms with van der Waals surface area (Å²) in [4.78, 5) is 29.0. The van der Waals surface area contributed by atoms with Gasteiger partial charge in [0.1, 0.15) is 0 Å². The summed E-state index contributed by atoms with van der Waals surface area (Å²) in [6.45, 7) is 14.6.